The number of carbonyl (C=O) groups is 3. The smallest absolute Gasteiger partial charge is 0.329 e. The minimum Gasteiger partial charge on any atom is -0.352 e. The number of nitrogens with one attached hydrogen (secondary N) is 3. The SMILES string of the molecule is CCc1ccc(NC(=O)C(=O)N/N=C(\C)CC(=O)NC2C3CC4CC(C3)CC2C4)cc1. The molecule has 1 aromatic carbocycles. The Morgan fingerprint density at radius 2 is 1.55 bits per heavy atom. The maximum atomic E-state index is 12.5. The van der Waals surface area contributed by atoms with Crippen LogP contribution in [0.2, 0.25) is 0 Å². The minimum atomic E-state index is -0.861. The van der Waals surface area contributed by atoms with E-state index in [1.807, 2.05) is 19.1 Å². The fourth-order valence-electron chi connectivity index (χ4n) is 5.88. The van der Waals surface area contributed by atoms with Gasteiger partial charge in [-0.3, -0.25) is 14.4 Å². The third kappa shape index (κ3) is 5.14. The summed E-state index contributed by atoms with van der Waals surface area (Å²) >= 11 is 0. The molecular formula is C24H32N4O3. The van der Waals surface area contributed by atoms with Crippen LogP contribution in [-0.4, -0.2) is 29.5 Å². The zero-order valence-corrected chi connectivity index (χ0v) is 18.3. The summed E-state index contributed by atoms with van der Waals surface area (Å²) in [6.07, 6.45) is 7.39. The van der Waals surface area contributed by atoms with E-state index >= 15 is 0 Å². The number of hydrogen-bond acceptors (Lipinski definition) is 4. The van der Waals surface area contributed by atoms with E-state index in [9.17, 15) is 14.4 Å². The second kappa shape index (κ2) is 9.20. The lowest BCUT2D eigenvalue weighted by Gasteiger charge is -2.54. The van der Waals surface area contributed by atoms with Gasteiger partial charge in [-0.15, -0.1) is 0 Å². The third-order valence-corrected chi connectivity index (χ3v) is 7.15. The van der Waals surface area contributed by atoms with Crippen LogP contribution in [0.4, 0.5) is 5.69 Å². The normalized spacial score (nSPS) is 28.8. The molecule has 7 heteroatoms. The average Bonchev–Trinajstić information content (AvgIpc) is 2.74. The monoisotopic (exact) mass is 424 g/mol. The Balaban J connectivity index is 1.23. The van der Waals surface area contributed by atoms with E-state index < -0.39 is 11.8 Å². The van der Waals surface area contributed by atoms with Gasteiger partial charge in [0.25, 0.3) is 0 Å². The van der Waals surface area contributed by atoms with Gasteiger partial charge < -0.3 is 10.6 Å². The molecule has 4 aliphatic rings. The van der Waals surface area contributed by atoms with Gasteiger partial charge in [-0.25, -0.2) is 5.43 Å². The van der Waals surface area contributed by atoms with Gasteiger partial charge in [-0.1, -0.05) is 19.1 Å². The van der Waals surface area contributed by atoms with Crippen molar-refractivity contribution < 1.29 is 14.4 Å². The molecule has 5 rings (SSSR count). The average molecular weight is 425 g/mol. The Kier molecular flexibility index (Phi) is 6.39. The van der Waals surface area contributed by atoms with Crippen LogP contribution in [-0.2, 0) is 20.8 Å². The first-order valence-electron chi connectivity index (χ1n) is 11.4. The lowest BCUT2D eigenvalue weighted by Crippen LogP contribution is -2.56. The molecule has 4 saturated carbocycles. The summed E-state index contributed by atoms with van der Waals surface area (Å²) in [5, 5.41) is 9.71. The standard InChI is InChI=1S/C24H32N4O3/c1-3-15-4-6-20(7-5-15)25-23(30)24(31)28-27-14(2)8-21(29)26-22-18-10-16-9-17(12-18)13-19(22)11-16/h4-7,16-19,22H,3,8-13H2,1-2H3,(H,25,30)(H,26,29)(H,28,31)/b27-14+. The number of anilines is 1. The Bertz CT molecular complexity index is 849. The molecule has 4 bridgehead atoms. The fourth-order valence-corrected chi connectivity index (χ4v) is 5.88. The third-order valence-electron chi connectivity index (χ3n) is 7.15. The summed E-state index contributed by atoms with van der Waals surface area (Å²) in [6.45, 7) is 3.72. The summed E-state index contributed by atoms with van der Waals surface area (Å²) < 4.78 is 0. The molecule has 31 heavy (non-hydrogen) atoms. The van der Waals surface area contributed by atoms with Crippen molar-refractivity contribution in [1.82, 2.24) is 10.7 Å². The van der Waals surface area contributed by atoms with Gasteiger partial charge in [0, 0.05) is 17.4 Å². The zero-order chi connectivity index (χ0) is 22.0. The Hall–Kier alpha value is -2.70. The molecule has 0 spiro atoms. The highest BCUT2D eigenvalue weighted by Gasteiger charge is 2.48. The van der Waals surface area contributed by atoms with Gasteiger partial charge in [0.2, 0.25) is 5.91 Å². The van der Waals surface area contributed by atoms with E-state index in [1.54, 1.807) is 19.1 Å². The summed E-state index contributed by atoms with van der Waals surface area (Å²) in [4.78, 5) is 36.6. The number of rotatable bonds is 6. The lowest BCUT2D eigenvalue weighted by atomic mass is 9.54. The largest absolute Gasteiger partial charge is 0.352 e. The lowest BCUT2D eigenvalue weighted by molar-refractivity contribution is -0.136. The van der Waals surface area contributed by atoms with Crippen molar-refractivity contribution in [2.75, 3.05) is 5.32 Å². The van der Waals surface area contributed by atoms with E-state index in [2.05, 4.69) is 21.2 Å². The number of nitrogens with zero attached hydrogens (tertiary/aromatic N) is 1. The maximum absolute atomic E-state index is 12.5. The Labute approximate surface area is 183 Å². The molecule has 4 fully saturated rings. The van der Waals surface area contributed by atoms with Gasteiger partial charge in [-0.05, 0) is 86.8 Å². The second-order valence-corrected chi connectivity index (χ2v) is 9.49. The van der Waals surface area contributed by atoms with E-state index in [1.165, 1.54) is 32.1 Å². The number of hydrazone groups is 1. The quantitative estimate of drug-likeness (QED) is 0.372. The van der Waals surface area contributed by atoms with Gasteiger partial charge in [0.05, 0.1) is 6.42 Å². The van der Waals surface area contributed by atoms with E-state index in [0.717, 1.165) is 23.8 Å². The van der Waals surface area contributed by atoms with Crippen molar-refractivity contribution in [3.8, 4) is 0 Å². The summed E-state index contributed by atoms with van der Waals surface area (Å²) in [7, 11) is 0. The highest BCUT2D eigenvalue weighted by atomic mass is 16.2. The van der Waals surface area contributed by atoms with Crippen LogP contribution in [0.1, 0.15) is 57.9 Å². The summed E-state index contributed by atoms with van der Waals surface area (Å²) in [5.74, 6) is 1.25. The summed E-state index contributed by atoms with van der Waals surface area (Å²) in [5.41, 5.74) is 4.41. The topological polar surface area (TPSA) is 99.7 Å². The first-order chi connectivity index (χ1) is 14.9. The van der Waals surface area contributed by atoms with Gasteiger partial charge in [0.1, 0.15) is 0 Å². The fraction of sp³-hybridized carbons (Fsp3) is 0.583. The predicted molar refractivity (Wildman–Crippen MR) is 119 cm³/mol. The first-order valence-corrected chi connectivity index (χ1v) is 11.4. The van der Waals surface area contributed by atoms with Gasteiger partial charge >= 0.3 is 11.8 Å². The molecular weight excluding hydrogens is 392 g/mol. The van der Waals surface area contributed by atoms with Crippen LogP contribution in [0.5, 0.6) is 0 Å². The maximum Gasteiger partial charge on any atom is 0.329 e. The van der Waals surface area contributed by atoms with Crippen LogP contribution in [0.25, 0.3) is 0 Å². The molecule has 0 radical (unpaired) electrons. The highest BCUT2D eigenvalue weighted by molar-refractivity contribution is 6.39. The molecule has 7 nitrogen and oxygen atoms in total. The number of benzene rings is 1. The molecule has 0 aromatic heterocycles. The van der Waals surface area contributed by atoms with Crippen LogP contribution in [0, 0.1) is 23.7 Å². The van der Waals surface area contributed by atoms with Crippen LogP contribution >= 0.6 is 0 Å². The molecule has 0 unspecified atom stereocenters. The molecule has 3 amide bonds. The van der Waals surface area contributed by atoms with E-state index in [-0.39, 0.29) is 18.4 Å². The second-order valence-electron chi connectivity index (χ2n) is 9.49. The number of carbonyl (C=O) groups excluding carboxylic acids is 3. The van der Waals surface area contributed by atoms with Gasteiger partial charge in [0.15, 0.2) is 0 Å². The van der Waals surface area contributed by atoms with Crippen molar-refractivity contribution in [3.05, 3.63) is 29.8 Å². The first kappa shape index (κ1) is 21.5. The molecule has 0 atom stereocenters. The highest BCUT2D eigenvalue weighted by Crippen LogP contribution is 2.53. The van der Waals surface area contributed by atoms with Crippen LogP contribution in [0.15, 0.2) is 29.4 Å². The van der Waals surface area contributed by atoms with Gasteiger partial charge in [-0.2, -0.15) is 5.10 Å². The van der Waals surface area contributed by atoms with Crippen molar-refractivity contribution in [2.24, 2.45) is 28.8 Å². The van der Waals surface area contributed by atoms with Crippen molar-refractivity contribution in [3.63, 3.8) is 0 Å². The zero-order valence-electron chi connectivity index (χ0n) is 18.3. The minimum absolute atomic E-state index is 0.0616. The van der Waals surface area contributed by atoms with Crippen molar-refractivity contribution in [2.45, 2.75) is 64.8 Å². The van der Waals surface area contributed by atoms with E-state index in [4.69, 9.17) is 0 Å². The van der Waals surface area contributed by atoms with Crippen LogP contribution in [0.3, 0.4) is 0 Å². The molecule has 0 heterocycles. The Morgan fingerprint density at radius 3 is 2.13 bits per heavy atom. The van der Waals surface area contributed by atoms with Crippen LogP contribution < -0.4 is 16.1 Å². The molecule has 0 aliphatic heterocycles. The number of amides is 3. The molecule has 4 aliphatic carbocycles. The molecule has 3 N–H and O–H groups in total. The summed E-state index contributed by atoms with van der Waals surface area (Å²) in [6, 6.07) is 7.60. The predicted octanol–water partition coefficient (Wildman–Crippen LogP) is 3.01. The number of hydrogen-bond donors (Lipinski definition) is 3. The van der Waals surface area contributed by atoms with E-state index in [0.29, 0.717) is 23.2 Å². The number of aryl methyl sites for hydroxylation is 1. The Morgan fingerprint density at radius 1 is 0.935 bits per heavy atom. The van der Waals surface area contributed by atoms with Crippen molar-refractivity contribution >= 4 is 29.1 Å². The van der Waals surface area contributed by atoms with Crippen molar-refractivity contribution in [1.29, 1.82) is 0 Å². The molecule has 166 valence electrons. The molecule has 1 aromatic rings. The molecule has 0 saturated heterocycles.